The molecular formula is C13H9Cl2N3O3. The zero-order chi connectivity index (χ0) is 15.6. The van der Waals surface area contributed by atoms with E-state index in [0.717, 1.165) is 0 Å². The Balaban J connectivity index is 2.31. The minimum atomic E-state index is -0.570. The summed E-state index contributed by atoms with van der Waals surface area (Å²) in [6, 6.07) is 6.74. The fourth-order valence-electron chi connectivity index (χ4n) is 1.68. The Labute approximate surface area is 129 Å². The van der Waals surface area contributed by atoms with Crippen molar-refractivity contribution in [2.24, 2.45) is 0 Å². The molecule has 0 aliphatic carbocycles. The highest BCUT2D eigenvalue weighted by Crippen LogP contribution is 2.27. The van der Waals surface area contributed by atoms with Gasteiger partial charge in [-0.1, -0.05) is 23.2 Å². The lowest BCUT2D eigenvalue weighted by atomic mass is 10.2. The molecule has 0 aliphatic heterocycles. The van der Waals surface area contributed by atoms with Gasteiger partial charge in [0.1, 0.15) is 5.15 Å². The quantitative estimate of drug-likeness (QED) is 0.527. The second-order valence-corrected chi connectivity index (χ2v) is 4.99. The molecule has 8 heteroatoms. The van der Waals surface area contributed by atoms with Crippen molar-refractivity contribution >= 4 is 40.5 Å². The van der Waals surface area contributed by atoms with E-state index < -0.39 is 10.8 Å². The molecule has 0 radical (unpaired) electrons. The van der Waals surface area contributed by atoms with Gasteiger partial charge in [0.2, 0.25) is 0 Å². The van der Waals surface area contributed by atoms with E-state index in [-0.39, 0.29) is 27.1 Å². The Kier molecular flexibility index (Phi) is 4.40. The van der Waals surface area contributed by atoms with Crippen LogP contribution in [0.2, 0.25) is 10.2 Å². The molecule has 0 fully saturated rings. The average molecular weight is 326 g/mol. The van der Waals surface area contributed by atoms with Gasteiger partial charge < -0.3 is 5.32 Å². The molecule has 1 aromatic carbocycles. The number of hydrogen-bond acceptors (Lipinski definition) is 4. The Bertz CT molecular complexity index is 714. The molecular weight excluding hydrogens is 317 g/mol. The number of pyridine rings is 1. The molecule has 0 saturated carbocycles. The number of aromatic nitrogens is 1. The number of anilines is 1. The average Bonchev–Trinajstić information content (AvgIpc) is 2.39. The van der Waals surface area contributed by atoms with E-state index in [1.807, 2.05) is 0 Å². The van der Waals surface area contributed by atoms with Gasteiger partial charge in [0, 0.05) is 23.4 Å². The minimum Gasteiger partial charge on any atom is -0.320 e. The van der Waals surface area contributed by atoms with Crippen molar-refractivity contribution in [1.82, 2.24) is 4.98 Å². The van der Waals surface area contributed by atoms with Crippen molar-refractivity contribution in [3.05, 3.63) is 61.9 Å². The van der Waals surface area contributed by atoms with E-state index in [9.17, 15) is 14.9 Å². The van der Waals surface area contributed by atoms with Crippen LogP contribution in [0.3, 0.4) is 0 Å². The number of aryl methyl sites for hydroxylation is 1. The van der Waals surface area contributed by atoms with Gasteiger partial charge >= 0.3 is 0 Å². The Morgan fingerprint density at radius 3 is 2.62 bits per heavy atom. The lowest BCUT2D eigenvalue weighted by Gasteiger charge is -2.08. The summed E-state index contributed by atoms with van der Waals surface area (Å²) in [6.07, 6.45) is 0. The first-order valence-corrected chi connectivity index (χ1v) is 6.52. The first kappa shape index (κ1) is 15.2. The first-order valence-electron chi connectivity index (χ1n) is 5.76. The number of amides is 1. The van der Waals surface area contributed by atoms with Gasteiger partial charge in [0.15, 0.2) is 0 Å². The molecule has 0 saturated heterocycles. The Morgan fingerprint density at radius 1 is 1.29 bits per heavy atom. The molecule has 6 nitrogen and oxygen atoms in total. The van der Waals surface area contributed by atoms with Crippen LogP contribution in [0.25, 0.3) is 0 Å². The summed E-state index contributed by atoms with van der Waals surface area (Å²) < 4.78 is 0. The molecule has 2 aromatic rings. The number of nitrogens with zero attached hydrogens (tertiary/aromatic N) is 2. The normalized spacial score (nSPS) is 10.2. The second-order valence-electron chi connectivity index (χ2n) is 4.20. The number of carbonyl (C=O) groups excluding carboxylic acids is 1. The van der Waals surface area contributed by atoms with Crippen LogP contribution in [0.15, 0.2) is 30.3 Å². The van der Waals surface area contributed by atoms with Crippen LogP contribution in [0.5, 0.6) is 0 Å². The van der Waals surface area contributed by atoms with Crippen LogP contribution in [0, 0.1) is 17.0 Å². The maximum absolute atomic E-state index is 12.1. The number of nitro groups is 1. The van der Waals surface area contributed by atoms with E-state index in [2.05, 4.69) is 10.3 Å². The maximum Gasteiger partial charge on any atom is 0.271 e. The lowest BCUT2D eigenvalue weighted by molar-refractivity contribution is -0.384. The zero-order valence-corrected chi connectivity index (χ0v) is 12.3. The number of benzene rings is 1. The summed E-state index contributed by atoms with van der Waals surface area (Å²) in [6.45, 7) is 1.70. The van der Waals surface area contributed by atoms with Gasteiger partial charge in [-0.25, -0.2) is 4.98 Å². The Hall–Kier alpha value is -2.18. The summed E-state index contributed by atoms with van der Waals surface area (Å²) in [4.78, 5) is 26.2. The molecule has 0 bridgehead atoms. The van der Waals surface area contributed by atoms with E-state index in [0.29, 0.717) is 5.69 Å². The number of nitro benzene ring substituents is 1. The molecule has 0 atom stereocenters. The summed E-state index contributed by atoms with van der Waals surface area (Å²) in [7, 11) is 0. The van der Waals surface area contributed by atoms with Crippen molar-refractivity contribution in [3.63, 3.8) is 0 Å². The topological polar surface area (TPSA) is 85.1 Å². The van der Waals surface area contributed by atoms with Gasteiger partial charge in [-0.3, -0.25) is 14.9 Å². The Morgan fingerprint density at radius 2 is 2.00 bits per heavy atom. The molecule has 21 heavy (non-hydrogen) atoms. The van der Waals surface area contributed by atoms with Crippen LogP contribution < -0.4 is 5.32 Å². The summed E-state index contributed by atoms with van der Waals surface area (Å²) in [5.74, 6) is -0.482. The van der Waals surface area contributed by atoms with Gasteiger partial charge in [-0.2, -0.15) is 0 Å². The van der Waals surface area contributed by atoms with Crippen LogP contribution in [0.1, 0.15) is 16.1 Å². The molecule has 1 aromatic heterocycles. The summed E-state index contributed by atoms with van der Waals surface area (Å²) in [5.41, 5.74) is 0.855. The number of rotatable bonds is 3. The predicted octanol–water partition coefficient (Wildman–Crippen LogP) is 3.86. The monoisotopic (exact) mass is 325 g/mol. The highest BCUT2D eigenvalue weighted by atomic mass is 35.5. The molecule has 108 valence electrons. The van der Waals surface area contributed by atoms with Crippen molar-refractivity contribution in [2.75, 3.05) is 5.32 Å². The van der Waals surface area contributed by atoms with Gasteiger partial charge in [-0.15, -0.1) is 0 Å². The van der Waals surface area contributed by atoms with Crippen LogP contribution >= 0.6 is 23.2 Å². The highest BCUT2D eigenvalue weighted by molar-refractivity contribution is 6.34. The minimum absolute atomic E-state index is 0.154. The van der Waals surface area contributed by atoms with E-state index >= 15 is 0 Å². The summed E-state index contributed by atoms with van der Waals surface area (Å²) >= 11 is 11.7. The van der Waals surface area contributed by atoms with E-state index in [1.165, 1.54) is 24.3 Å². The van der Waals surface area contributed by atoms with E-state index in [4.69, 9.17) is 23.2 Å². The fourth-order valence-corrected chi connectivity index (χ4v) is 2.09. The van der Waals surface area contributed by atoms with Crippen LogP contribution in [-0.2, 0) is 0 Å². The van der Waals surface area contributed by atoms with Gasteiger partial charge in [0.25, 0.3) is 11.6 Å². The predicted molar refractivity (Wildman–Crippen MR) is 80.0 cm³/mol. The van der Waals surface area contributed by atoms with Crippen molar-refractivity contribution in [1.29, 1.82) is 0 Å². The van der Waals surface area contributed by atoms with Crippen molar-refractivity contribution in [2.45, 2.75) is 6.92 Å². The molecule has 1 amide bonds. The molecule has 1 heterocycles. The molecule has 0 unspecified atom stereocenters. The van der Waals surface area contributed by atoms with Crippen molar-refractivity contribution in [3.8, 4) is 0 Å². The summed E-state index contributed by atoms with van der Waals surface area (Å²) in [5, 5.41) is 13.6. The largest absolute Gasteiger partial charge is 0.320 e. The second kappa shape index (κ2) is 6.07. The maximum atomic E-state index is 12.1. The smallest absolute Gasteiger partial charge is 0.271 e. The molecule has 2 rings (SSSR count). The number of non-ortho nitro benzene ring substituents is 1. The number of nitrogens with one attached hydrogen (secondary N) is 1. The van der Waals surface area contributed by atoms with Crippen LogP contribution in [0.4, 0.5) is 11.4 Å². The zero-order valence-electron chi connectivity index (χ0n) is 10.8. The van der Waals surface area contributed by atoms with Gasteiger partial charge in [-0.05, 0) is 25.1 Å². The third-order valence-electron chi connectivity index (χ3n) is 2.59. The number of carbonyl (C=O) groups is 1. The highest BCUT2D eigenvalue weighted by Gasteiger charge is 2.14. The van der Waals surface area contributed by atoms with Crippen LogP contribution in [-0.4, -0.2) is 15.8 Å². The van der Waals surface area contributed by atoms with Crippen molar-refractivity contribution < 1.29 is 9.72 Å². The van der Waals surface area contributed by atoms with Gasteiger partial charge in [0.05, 0.1) is 15.6 Å². The molecule has 0 spiro atoms. The first-order chi connectivity index (χ1) is 9.86. The lowest BCUT2D eigenvalue weighted by Crippen LogP contribution is -2.13. The molecule has 0 aliphatic rings. The standard InChI is InChI=1S/C13H9Cl2N3O3/c1-7-4-8(5-12(15)16-7)13(19)17-11-6-9(18(20)21)2-3-10(11)14/h2-6H,1H3,(H,17,19). The third kappa shape index (κ3) is 3.68. The molecule has 1 N–H and O–H groups in total. The SMILES string of the molecule is Cc1cc(C(=O)Nc2cc([N+](=O)[O-])ccc2Cl)cc(Cl)n1. The number of hydrogen-bond donors (Lipinski definition) is 1. The fraction of sp³-hybridized carbons (Fsp3) is 0.0769. The van der Waals surface area contributed by atoms with E-state index in [1.54, 1.807) is 13.0 Å². The third-order valence-corrected chi connectivity index (χ3v) is 3.12. The number of halogens is 2.